The summed E-state index contributed by atoms with van der Waals surface area (Å²) in [6.07, 6.45) is 0. The maximum Gasteiger partial charge on any atom is 0.351 e. The molecule has 0 atom stereocenters. The lowest BCUT2D eigenvalue weighted by Gasteiger charge is -2.03. The summed E-state index contributed by atoms with van der Waals surface area (Å²) in [4.78, 5) is 12.9. The molecule has 0 aliphatic heterocycles. The summed E-state index contributed by atoms with van der Waals surface area (Å²) in [7, 11) is 2.82. The van der Waals surface area contributed by atoms with Gasteiger partial charge in [0.15, 0.2) is 10.6 Å². The van der Waals surface area contributed by atoms with Crippen molar-refractivity contribution in [3.05, 3.63) is 37.6 Å². The molecule has 2 rings (SSSR count). The Morgan fingerprint density at radius 1 is 1.30 bits per heavy atom. The molecule has 1 heterocycles. The van der Waals surface area contributed by atoms with Crippen molar-refractivity contribution in [1.29, 1.82) is 0 Å². The van der Waals surface area contributed by atoms with Gasteiger partial charge < -0.3 is 9.47 Å². The van der Waals surface area contributed by atoms with Gasteiger partial charge in [-0.3, -0.25) is 0 Å². The van der Waals surface area contributed by atoms with Crippen molar-refractivity contribution < 1.29 is 14.3 Å². The van der Waals surface area contributed by atoms with Crippen molar-refractivity contribution in [3.8, 4) is 16.2 Å². The van der Waals surface area contributed by atoms with Crippen LogP contribution in [-0.2, 0) is 4.74 Å². The molecule has 0 spiro atoms. The van der Waals surface area contributed by atoms with Crippen LogP contribution < -0.4 is 4.74 Å². The molecule has 3 nitrogen and oxygen atoms in total. The van der Waals surface area contributed by atoms with E-state index in [9.17, 15) is 4.79 Å². The Kier molecular flexibility index (Phi) is 4.96. The second kappa shape index (κ2) is 6.35. The minimum absolute atomic E-state index is 0.378. The number of thiophene rings is 1. The molecule has 0 radical (unpaired) electrons. The van der Waals surface area contributed by atoms with Gasteiger partial charge in [-0.15, -0.1) is 11.3 Å². The molecule has 20 heavy (non-hydrogen) atoms. The Hall–Kier alpha value is -0.750. The second-order valence-electron chi connectivity index (χ2n) is 3.72. The van der Waals surface area contributed by atoms with E-state index in [0.717, 1.165) is 10.4 Å². The SMILES string of the molecule is COC(=O)c1sc(-c2ccc(Cl)cc2Cl)c(Br)c1OC. The van der Waals surface area contributed by atoms with Crippen molar-refractivity contribution in [1.82, 2.24) is 0 Å². The highest BCUT2D eigenvalue weighted by molar-refractivity contribution is 9.10. The van der Waals surface area contributed by atoms with Gasteiger partial charge in [0.2, 0.25) is 0 Å². The van der Waals surface area contributed by atoms with E-state index in [2.05, 4.69) is 15.9 Å². The third kappa shape index (κ3) is 2.81. The molecule has 0 amide bonds. The minimum Gasteiger partial charge on any atom is -0.494 e. The summed E-state index contributed by atoms with van der Waals surface area (Å²) in [5, 5.41) is 1.05. The Morgan fingerprint density at radius 3 is 2.55 bits per heavy atom. The van der Waals surface area contributed by atoms with Gasteiger partial charge in [-0.1, -0.05) is 29.3 Å². The first-order valence-corrected chi connectivity index (χ1v) is 7.76. The number of esters is 1. The maximum atomic E-state index is 11.8. The molecule has 0 bridgehead atoms. The van der Waals surface area contributed by atoms with E-state index in [1.165, 1.54) is 25.6 Å². The van der Waals surface area contributed by atoms with Crippen molar-refractivity contribution in [2.45, 2.75) is 0 Å². The predicted molar refractivity (Wildman–Crippen MR) is 85.4 cm³/mol. The van der Waals surface area contributed by atoms with E-state index in [1.807, 2.05) is 0 Å². The van der Waals surface area contributed by atoms with E-state index in [-0.39, 0.29) is 0 Å². The van der Waals surface area contributed by atoms with Gasteiger partial charge in [-0.25, -0.2) is 4.79 Å². The van der Waals surface area contributed by atoms with Crippen molar-refractivity contribution in [3.63, 3.8) is 0 Å². The molecule has 106 valence electrons. The number of ether oxygens (including phenoxy) is 2. The quantitative estimate of drug-likeness (QED) is 0.663. The molecule has 7 heteroatoms. The van der Waals surface area contributed by atoms with Crippen LogP contribution in [0, 0.1) is 0 Å². The predicted octanol–water partition coefficient (Wildman–Crippen LogP) is 5.28. The summed E-state index contributed by atoms with van der Waals surface area (Å²) in [5.74, 6) is -0.0215. The molecule has 1 aromatic carbocycles. The zero-order valence-corrected chi connectivity index (χ0v) is 14.4. The summed E-state index contributed by atoms with van der Waals surface area (Å²) in [6.45, 7) is 0. The molecule has 0 saturated carbocycles. The minimum atomic E-state index is -0.455. The van der Waals surface area contributed by atoms with E-state index in [4.69, 9.17) is 32.7 Å². The van der Waals surface area contributed by atoms with E-state index in [0.29, 0.717) is 25.1 Å². The Labute approximate surface area is 138 Å². The molecule has 0 saturated heterocycles. The van der Waals surface area contributed by atoms with Crippen molar-refractivity contribution in [2.24, 2.45) is 0 Å². The zero-order valence-electron chi connectivity index (χ0n) is 10.5. The summed E-state index contributed by atoms with van der Waals surface area (Å²) in [5.41, 5.74) is 0.765. The fourth-order valence-corrected chi connectivity index (χ4v) is 4.28. The van der Waals surface area contributed by atoms with Crippen LogP contribution in [0.1, 0.15) is 9.67 Å². The first-order valence-electron chi connectivity index (χ1n) is 5.39. The first kappa shape index (κ1) is 15.6. The third-order valence-electron chi connectivity index (χ3n) is 2.56. The number of hydrogen-bond donors (Lipinski definition) is 0. The maximum absolute atomic E-state index is 11.8. The zero-order chi connectivity index (χ0) is 14.9. The van der Waals surface area contributed by atoms with Crippen LogP contribution in [0.2, 0.25) is 10.0 Å². The summed E-state index contributed by atoms with van der Waals surface area (Å²) in [6, 6.07) is 5.18. The molecule has 0 N–H and O–H groups in total. The molecule has 0 unspecified atom stereocenters. The van der Waals surface area contributed by atoms with Crippen LogP contribution >= 0.6 is 50.5 Å². The molecule has 0 aliphatic rings. The van der Waals surface area contributed by atoms with Gasteiger partial charge >= 0.3 is 5.97 Å². The number of benzene rings is 1. The summed E-state index contributed by atoms with van der Waals surface area (Å²) < 4.78 is 10.7. The van der Waals surface area contributed by atoms with E-state index in [1.54, 1.807) is 18.2 Å². The number of carbonyl (C=O) groups excluding carboxylic acids is 1. The molecule has 0 fully saturated rings. The highest BCUT2D eigenvalue weighted by atomic mass is 79.9. The van der Waals surface area contributed by atoms with Gasteiger partial charge in [0.1, 0.15) is 0 Å². The van der Waals surface area contributed by atoms with Crippen LogP contribution in [0.25, 0.3) is 10.4 Å². The second-order valence-corrected chi connectivity index (χ2v) is 6.38. The van der Waals surface area contributed by atoms with Gasteiger partial charge in [0, 0.05) is 10.6 Å². The molecule has 1 aromatic heterocycles. The highest BCUT2D eigenvalue weighted by Crippen LogP contribution is 2.47. The van der Waals surface area contributed by atoms with Gasteiger partial charge in [0.05, 0.1) is 28.6 Å². The normalized spacial score (nSPS) is 10.4. The van der Waals surface area contributed by atoms with Crippen LogP contribution in [0.15, 0.2) is 22.7 Å². The Balaban J connectivity index is 2.63. The first-order chi connectivity index (χ1) is 9.49. The Bertz CT molecular complexity index is 670. The lowest BCUT2D eigenvalue weighted by Crippen LogP contribution is -2.00. The molecular weight excluding hydrogens is 387 g/mol. The number of carbonyl (C=O) groups is 1. The Morgan fingerprint density at radius 2 is 2.00 bits per heavy atom. The number of rotatable bonds is 3. The summed E-state index contributed by atoms with van der Waals surface area (Å²) >= 11 is 16.8. The average Bonchev–Trinajstić information content (AvgIpc) is 2.75. The number of methoxy groups -OCH3 is 2. The fraction of sp³-hybridized carbons (Fsp3) is 0.154. The largest absolute Gasteiger partial charge is 0.494 e. The van der Waals surface area contributed by atoms with Crippen LogP contribution in [0.4, 0.5) is 0 Å². The average molecular weight is 396 g/mol. The standard InChI is InChI=1S/C13H9BrCl2O3S/c1-18-10-9(14)11(20-12(10)13(17)19-2)7-4-3-6(15)5-8(7)16/h3-5H,1-2H3. The van der Waals surface area contributed by atoms with Gasteiger partial charge in [-0.2, -0.15) is 0 Å². The van der Waals surface area contributed by atoms with Crippen LogP contribution in [-0.4, -0.2) is 20.2 Å². The smallest absolute Gasteiger partial charge is 0.351 e. The van der Waals surface area contributed by atoms with Gasteiger partial charge in [-0.05, 0) is 28.1 Å². The van der Waals surface area contributed by atoms with Crippen LogP contribution in [0.3, 0.4) is 0 Å². The number of hydrogen-bond acceptors (Lipinski definition) is 4. The van der Waals surface area contributed by atoms with E-state index >= 15 is 0 Å². The lowest BCUT2D eigenvalue weighted by atomic mass is 10.2. The lowest BCUT2D eigenvalue weighted by molar-refractivity contribution is 0.0603. The van der Waals surface area contributed by atoms with Crippen molar-refractivity contribution >= 4 is 56.4 Å². The molecule has 0 aliphatic carbocycles. The fourth-order valence-electron chi connectivity index (χ4n) is 1.65. The monoisotopic (exact) mass is 394 g/mol. The van der Waals surface area contributed by atoms with Crippen LogP contribution in [0.5, 0.6) is 5.75 Å². The van der Waals surface area contributed by atoms with E-state index < -0.39 is 5.97 Å². The third-order valence-corrected chi connectivity index (χ3v) is 5.31. The molecule has 2 aromatic rings. The van der Waals surface area contributed by atoms with Gasteiger partial charge in [0.25, 0.3) is 0 Å². The highest BCUT2D eigenvalue weighted by Gasteiger charge is 2.24. The van der Waals surface area contributed by atoms with Crippen molar-refractivity contribution in [2.75, 3.05) is 14.2 Å². The number of halogens is 3. The topological polar surface area (TPSA) is 35.5 Å². The molecular formula is C13H9BrCl2O3S.